The Morgan fingerprint density at radius 1 is 1.24 bits per heavy atom. The molecule has 0 amide bonds. The number of benzene rings is 1. The Bertz CT molecular complexity index is 532. The van der Waals surface area contributed by atoms with Crippen LogP contribution in [0.15, 0.2) is 42.6 Å². The van der Waals surface area contributed by atoms with Gasteiger partial charge in [0.15, 0.2) is 0 Å². The quantitative estimate of drug-likeness (QED) is 0.877. The summed E-state index contributed by atoms with van der Waals surface area (Å²) in [5.41, 5.74) is 3.87. The minimum atomic E-state index is -0.813. The summed E-state index contributed by atoms with van der Waals surface area (Å²) in [4.78, 5) is 14.8. The van der Waals surface area contributed by atoms with Gasteiger partial charge in [0.05, 0.1) is 12.1 Å². The Labute approximate surface area is 99.8 Å². The first kappa shape index (κ1) is 11.3. The number of aromatic nitrogens is 1. The van der Waals surface area contributed by atoms with Gasteiger partial charge in [-0.05, 0) is 30.2 Å². The first-order valence-corrected chi connectivity index (χ1v) is 5.39. The Morgan fingerprint density at radius 2 is 1.94 bits per heavy atom. The number of carbonyl (C=O) groups is 1. The van der Waals surface area contributed by atoms with Crippen LogP contribution in [0, 0.1) is 6.92 Å². The second-order valence-electron chi connectivity index (χ2n) is 3.99. The van der Waals surface area contributed by atoms with Crippen molar-refractivity contribution in [3.05, 3.63) is 53.7 Å². The van der Waals surface area contributed by atoms with Crippen molar-refractivity contribution >= 4 is 5.97 Å². The molecule has 0 unspecified atom stereocenters. The number of carboxylic acids is 1. The van der Waals surface area contributed by atoms with Crippen LogP contribution in [-0.2, 0) is 11.2 Å². The van der Waals surface area contributed by atoms with Gasteiger partial charge in [0.1, 0.15) is 0 Å². The highest BCUT2D eigenvalue weighted by Gasteiger charge is 2.02. The van der Waals surface area contributed by atoms with Gasteiger partial charge in [-0.1, -0.05) is 24.3 Å². The van der Waals surface area contributed by atoms with E-state index >= 15 is 0 Å². The van der Waals surface area contributed by atoms with E-state index in [4.69, 9.17) is 5.11 Å². The van der Waals surface area contributed by atoms with Crippen LogP contribution in [0.4, 0.5) is 0 Å². The number of aryl methyl sites for hydroxylation is 1. The lowest BCUT2D eigenvalue weighted by atomic mass is 10.1. The van der Waals surface area contributed by atoms with Crippen LogP contribution in [0.1, 0.15) is 11.1 Å². The van der Waals surface area contributed by atoms with Gasteiger partial charge in [0, 0.05) is 11.8 Å². The van der Waals surface area contributed by atoms with Crippen LogP contribution in [0.2, 0.25) is 0 Å². The van der Waals surface area contributed by atoms with E-state index in [1.54, 1.807) is 6.20 Å². The van der Waals surface area contributed by atoms with Crippen molar-refractivity contribution in [2.24, 2.45) is 0 Å². The van der Waals surface area contributed by atoms with E-state index in [2.05, 4.69) is 4.98 Å². The molecule has 0 saturated carbocycles. The smallest absolute Gasteiger partial charge is 0.307 e. The first-order chi connectivity index (χ1) is 8.15. The predicted octanol–water partition coefficient (Wildman–Crippen LogP) is 2.68. The monoisotopic (exact) mass is 227 g/mol. The van der Waals surface area contributed by atoms with Crippen LogP contribution in [0.3, 0.4) is 0 Å². The van der Waals surface area contributed by atoms with Crippen LogP contribution >= 0.6 is 0 Å². The topological polar surface area (TPSA) is 50.2 Å². The molecule has 86 valence electrons. The molecule has 0 atom stereocenters. The van der Waals surface area contributed by atoms with Crippen LogP contribution in [-0.4, -0.2) is 16.1 Å². The van der Waals surface area contributed by atoms with E-state index in [0.29, 0.717) is 0 Å². The zero-order chi connectivity index (χ0) is 12.3. The Kier molecular flexibility index (Phi) is 3.19. The van der Waals surface area contributed by atoms with Gasteiger partial charge in [-0.2, -0.15) is 0 Å². The first-order valence-electron chi connectivity index (χ1n) is 5.39. The normalized spacial score (nSPS) is 10.2. The molecule has 0 fully saturated rings. The molecular weight excluding hydrogens is 214 g/mol. The summed E-state index contributed by atoms with van der Waals surface area (Å²) in [5, 5.41) is 8.68. The number of nitrogens with zero attached hydrogens (tertiary/aromatic N) is 1. The highest BCUT2D eigenvalue weighted by atomic mass is 16.4. The molecule has 0 aliphatic rings. The van der Waals surface area contributed by atoms with Gasteiger partial charge in [0.2, 0.25) is 0 Å². The van der Waals surface area contributed by atoms with E-state index < -0.39 is 5.97 Å². The highest BCUT2D eigenvalue weighted by molar-refractivity contribution is 5.70. The average Bonchev–Trinajstić information content (AvgIpc) is 2.29. The second kappa shape index (κ2) is 4.78. The number of hydrogen-bond acceptors (Lipinski definition) is 2. The standard InChI is InChI=1S/C14H13NO2/c1-10-6-7-15-13(8-10)12-4-2-11(3-5-12)9-14(16)17/h2-8H,9H2,1H3,(H,16,17). The number of carboxylic acid groups (broad SMARTS) is 1. The molecule has 3 heteroatoms. The molecule has 2 aromatic rings. The fourth-order valence-corrected chi connectivity index (χ4v) is 1.66. The van der Waals surface area contributed by atoms with Gasteiger partial charge in [0.25, 0.3) is 0 Å². The summed E-state index contributed by atoms with van der Waals surface area (Å²) in [5.74, 6) is -0.813. The molecule has 1 aromatic carbocycles. The van der Waals surface area contributed by atoms with E-state index in [9.17, 15) is 4.79 Å². The van der Waals surface area contributed by atoms with Gasteiger partial charge in [-0.3, -0.25) is 9.78 Å². The van der Waals surface area contributed by atoms with Crippen molar-refractivity contribution in [2.45, 2.75) is 13.3 Å². The fourth-order valence-electron chi connectivity index (χ4n) is 1.66. The summed E-state index contributed by atoms with van der Waals surface area (Å²) < 4.78 is 0. The molecule has 17 heavy (non-hydrogen) atoms. The SMILES string of the molecule is Cc1ccnc(-c2ccc(CC(=O)O)cc2)c1. The van der Waals surface area contributed by atoms with E-state index in [1.165, 1.54) is 0 Å². The van der Waals surface area contributed by atoms with Gasteiger partial charge in [-0.15, -0.1) is 0 Å². The van der Waals surface area contributed by atoms with Crippen molar-refractivity contribution in [3.8, 4) is 11.3 Å². The molecule has 0 spiro atoms. The Hall–Kier alpha value is -2.16. The minimum absolute atomic E-state index is 0.0571. The largest absolute Gasteiger partial charge is 0.481 e. The summed E-state index contributed by atoms with van der Waals surface area (Å²) in [7, 11) is 0. The maximum atomic E-state index is 10.6. The average molecular weight is 227 g/mol. The summed E-state index contributed by atoms with van der Waals surface area (Å²) >= 11 is 0. The fraction of sp³-hybridized carbons (Fsp3) is 0.143. The van der Waals surface area contributed by atoms with Gasteiger partial charge >= 0.3 is 5.97 Å². The lowest BCUT2D eigenvalue weighted by Gasteiger charge is -2.03. The maximum absolute atomic E-state index is 10.6. The van der Waals surface area contributed by atoms with E-state index in [1.807, 2.05) is 43.3 Å². The number of aliphatic carboxylic acids is 1. The van der Waals surface area contributed by atoms with Crippen molar-refractivity contribution in [3.63, 3.8) is 0 Å². The molecule has 1 heterocycles. The van der Waals surface area contributed by atoms with Crippen LogP contribution < -0.4 is 0 Å². The molecule has 2 rings (SSSR count). The molecule has 0 aliphatic carbocycles. The molecule has 1 N–H and O–H groups in total. The Morgan fingerprint density at radius 3 is 2.53 bits per heavy atom. The third-order valence-corrected chi connectivity index (χ3v) is 2.52. The number of rotatable bonds is 3. The third kappa shape index (κ3) is 2.91. The number of pyridine rings is 1. The summed E-state index contributed by atoms with van der Waals surface area (Å²) in [6.07, 6.45) is 1.83. The summed E-state index contributed by atoms with van der Waals surface area (Å²) in [6.45, 7) is 2.02. The maximum Gasteiger partial charge on any atom is 0.307 e. The van der Waals surface area contributed by atoms with Gasteiger partial charge < -0.3 is 5.11 Å². The molecule has 0 aliphatic heterocycles. The lowest BCUT2D eigenvalue weighted by molar-refractivity contribution is -0.136. The van der Waals surface area contributed by atoms with Crippen molar-refractivity contribution in [1.29, 1.82) is 0 Å². The zero-order valence-corrected chi connectivity index (χ0v) is 9.55. The minimum Gasteiger partial charge on any atom is -0.481 e. The highest BCUT2D eigenvalue weighted by Crippen LogP contribution is 2.18. The molecular formula is C14H13NO2. The molecule has 0 saturated heterocycles. The second-order valence-corrected chi connectivity index (χ2v) is 3.99. The van der Waals surface area contributed by atoms with Crippen molar-refractivity contribution in [2.75, 3.05) is 0 Å². The Balaban J connectivity index is 2.26. The lowest BCUT2D eigenvalue weighted by Crippen LogP contribution is -1.99. The zero-order valence-electron chi connectivity index (χ0n) is 9.55. The van der Waals surface area contributed by atoms with E-state index in [-0.39, 0.29) is 6.42 Å². The molecule has 1 aromatic heterocycles. The van der Waals surface area contributed by atoms with Crippen molar-refractivity contribution < 1.29 is 9.90 Å². The molecule has 3 nitrogen and oxygen atoms in total. The molecule has 0 radical (unpaired) electrons. The summed E-state index contributed by atoms with van der Waals surface area (Å²) in [6, 6.07) is 11.4. The predicted molar refractivity (Wildman–Crippen MR) is 65.7 cm³/mol. The van der Waals surface area contributed by atoms with Crippen molar-refractivity contribution in [1.82, 2.24) is 4.98 Å². The van der Waals surface area contributed by atoms with Gasteiger partial charge in [-0.25, -0.2) is 0 Å². The van der Waals surface area contributed by atoms with E-state index in [0.717, 1.165) is 22.4 Å². The van der Waals surface area contributed by atoms with Crippen LogP contribution in [0.25, 0.3) is 11.3 Å². The third-order valence-electron chi connectivity index (χ3n) is 2.52. The number of hydrogen-bond donors (Lipinski definition) is 1. The molecule has 0 bridgehead atoms. The van der Waals surface area contributed by atoms with Crippen LogP contribution in [0.5, 0.6) is 0 Å².